The maximum atomic E-state index is 4.75. The summed E-state index contributed by atoms with van der Waals surface area (Å²) in [6.07, 6.45) is 0. The van der Waals surface area contributed by atoms with Gasteiger partial charge in [-0.3, -0.25) is 0 Å². The van der Waals surface area contributed by atoms with E-state index in [0.29, 0.717) is 0 Å². The van der Waals surface area contributed by atoms with E-state index in [2.05, 4.69) is 5.79 Å². The fourth-order valence-electron chi connectivity index (χ4n) is 0.204. The molecule has 0 saturated heterocycles. The molecular formula is C3H9AlO. The second-order valence-electron chi connectivity index (χ2n) is 0.993. The molecule has 0 N–H and O–H groups in total. The van der Waals surface area contributed by atoms with Gasteiger partial charge in [-0.15, -0.1) is 5.79 Å². The van der Waals surface area contributed by atoms with Gasteiger partial charge in [0.25, 0.3) is 15.2 Å². The maximum Gasteiger partial charge on any atom is 0.274 e. The summed E-state index contributed by atoms with van der Waals surface area (Å²) in [5.41, 5.74) is 1.03. The zero-order valence-corrected chi connectivity index (χ0v) is 5.24. The highest BCUT2D eigenvalue weighted by molar-refractivity contribution is 6.33. The minimum Gasteiger partial charge on any atom is -0.400 e. The van der Waals surface area contributed by atoms with E-state index >= 15 is 0 Å². The largest absolute Gasteiger partial charge is 0.400 e. The van der Waals surface area contributed by atoms with Crippen LogP contribution >= 0.6 is 0 Å². The van der Waals surface area contributed by atoms with Crippen LogP contribution in [0.5, 0.6) is 0 Å². The van der Waals surface area contributed by atoms with E-state index in [1.807, 2.05) is 0 Å². The van der Waals surface area contributed by atoms with Gasteiger partial charge in [0.1, 0.15) is 0 Å². The van der Waals surface area contributed by atoms with Crippen LogP contribution in [0.15, 0.2) is 0 Å². The fraction of sp³-hybridized carbons (Fsp3) is 1.00. The Morgan fingerprint density at radius 3 is 2.40 bits per heavy atom. The van der Waals surface area contributed by atoms with Crippen molar-refractivity contribution in [3.05, 3.63) is 0 Å². The van der Waals surface area contributed by atoms with Crippen molar-refractivity contribution in [3.8, 4) is 0 Å². The van der Waals surface area contributed by atoms with Crippen LogP contribution in [0.1, 0.15) is 0 Å². The zero-order chi connectivity index (χ0) is 4.12. The summed E-state index contributed by atoms with van der Waals surface area (Å²) in [6.45, 7) is 0. The first-order chi connectivity index (χ1) is 2.41. The maximum absolute atomic E-state index is 4.75. The minimum absolute atomic E-state index is 0.192. The number of hydrogen-bond donors (Lipinski definition) is 0. The third kappa shape index (κ3) is 4.49. The van der Waals surface area contributed by atoms with Crippen molar-refractivity contribution in [1.29, 1.82) is 0 Å². The van der Waals surface area contributed by atoms with Crippen LogP contribution in [0.2, 0.25) is 5.79 Å². The van der Waals surface area contributed by atoms with Gasteiger partial charge in [-0.25, -0.2) is 0 Å². The minimum atomic E-state index is 0.192. The molecule has 5 heavy (non-hydrogen) atoms. The third-order valence-corrected chi connectivity index (χ3v) is 1.22. The van der Waals surface area contributed by atoms with Crippen LogP contribution in [0, 0.1) is 0 Å². The molecule has 0 atom stereocenters. The summed E-state index contributed by atoms with van der Waals surface area (Å²) in [5, 5.41) is 0. The summed E-state index contributed by atoms with van der Waals surface area (Å²) in [4.78, 5) is 0. The molecule has 0 aromatic carbocycles. The Labute approximate surface area is 39.0 Å². The number of methoxy groups -OCH3 is 1. The first-order valence-electron chi connectivity index (χ1n) is 1.90. The smallest absolute Gasteiger partial charge is 0.274 e. The van der Waals surface area contributed by atoms with Crippen LogP contribution in [-0.2, 0) is 4.74 Å². The van der Waals surface area contributed by atoms with E-state index < -0.39 is 0 Å². The standard InChI is InChI=1S/C2H5O.CH3.Al.H/c1-3-2;;;/h1H2,2H3;1H3;;. The lowest BCUT2D eigenvalue weighted by Gasteiger charge is -1.81. The summed E-state index contributed by atoms with van der Waals surface area (Å²) < 4.78 is 4.75. The van der Waals surface area contributed by atoms with Crippen LogP contribution in [-0.4, -0.2) is 27.8 Å². The summed E-state index contributed by atoms with van der Waals surface area (Å²) in [5.74, 6) is 2.23. The topological polar surface area (TPSA) is 9.23 Å². The first kappa shape index (κ1) is 5.49. The van der Waals surface area contributed by atoms with Crippen LogP contribution < -0.4 is 0 Å². The average Bonchev–Trinajstić information content (AvgIpc) is 1.41. The Morgan fingerprint density at radius 1 is 1.80 bits per heavy atom. The Hall–Kier alpha value is 0.492. The quantitative estimate of drug-likeness (QED) is 0.434. The zero-order valence-electron chi connectivity index (χ0n) is 3.82. The molecule has 0 aromatic rings. The lowest BCUT2D eigenvalue weighted by molar-refractivity contribution is 0.252. The van der Waals surface area contributed by atoms with E-state index in [-0.39, 0.29) is 15.2 Å². The van der Waals surface area contributed by atoms with Crippen molar-refractivity contribution in [3.63, 3.8) is 0 Å². The lowest BCUT2D eigenvalue weighted by Crippen LogP contribution is -1.92. The Bertz CT molecular complexity index is 14.4. The molecule has 0 aromatic heterocycles. The second-order valence-corrected chi connectivity index (χ2v) is 2.40. The van der Waals surface area contributed by atoms with Gasteiger partial charge in [0.2, 0.25) is 0 Å². The average molecular weight is 88.1 g/mol. The van der Waals surface area contributed by atoms with Gasteiger partial charge in [-0.2, -0.15) is 0 Å². The third-order valence-electron chi connectivity index (χ3n) is 0.408. The van der Waals surface area contributed by atoms with Gasteiger partial charge in [0.15, 0.2) is 0 Å². The van der Waals surface area contributed by atoms with E-state index in [0.717, 1.165) is 5.47 Å². The monoisotopic (exact) mass is 88.0 g/mol. The van der Waals surface area contributed by atoms with E-state index in [4.69, 9.17) is 4.74 Å². The fourth-order valence-corrected chi connectivity index (χ4v) is 0.612. The van der Waals surface area contributed by atoms with E-state index in [9.17, 15) is 0 Å². The highest BCUT2D eigenvalue weighted by Gasteiger charge is 1.73. The van der Waals surface area contributed by atoms with E-state index in [1.54, 1.807) is 7.11 Å². The van der Waals surface area contributed by atoms with Crippen molar-refractivity contribution >= 4 is 15.2 Å². The van der Waals surface area contributed by atoms with E-state index in [1.165, 1.54) is 0 Å². The van der Waals surface area contributed by atoms with Crippen molar-refractivity contribution in [2.75, 3.05) is 12.6 Å². The van der Waals surface area contributed by atoms with Gasteiger partial charge in [0, 0.05) is 7.11 Å². The van der Waals surface area contributed by atoms with Crippen LogP contribution in [0.4, 0.5) is 0 Å². The summed E-state index contributed by atoms with van der Waals surface area (Å²) >= 11 is 0.192. The normalized spacial score (nSPS) is 7.60. The summed E-state index contributed by atoms with van der Waals surface area (Å²) in [6, 6.07) is 0. The van der Waals surface area contributed by atoms with Crippen molar-refractivity contribution in [2.45, 2.75) is 5.79 Å². The molecule has 0 heterocycles. The van der Waals surface area contributed by atoms with Gasteiger partial charge < -0.3 is 4.74 Å². The molecule has 0 saturated carbocycles. The predicted molar refractivity (Wildman–Crippen MR) is 24.9 cm³/mol. The number of rotatable bonds is 2. The first-order valence-corrected chi connectivity index (χ1v) is 4.32. The molecule has 0 radical (unpaired) electrons. The molecule has 0 fully saturated rings. The Morgan fingerprint density at radius 2 is 2.40 bits per heavy atom. The van der Waals surface area contributed by atoms with Gasteiger partial charge in [-0.05, 0) is 5.47 Å². The van der Waals surface area contributed by atoms with Crippen molar-refractivity contribution < 1.29 is 4.74 Å². The number of hydrogen-bond acceptors (Lipinski definition) is 1. The van der Waals surface area contributed by atoms with Crippen LogP contribution in [0.3, 0.4) is 0 Å². The Kier molecular flexibility index (Phi) is 4.93. The Balaban J connectivity index is 2.19. The predicted octanol–water partition coefficient (Wildman–Crippen LogP) is 0.0749. The molecule has 1 nitrogen and oxygen atoms in total. The molecule has 0 aliphatic carbocycles. The van der Waals surface area contributed by atoms with Gasteiger partial charge >= 0.3 is 0 Å². The van der Waals surface area contributed by atoms with Gasteiger partial charge in [0.05, 0.1) is 0 Å². The molecule has 2 heteroatoms. The molecule has 0 rings (SSSR count). The summed E-state index contributed by atoms with van der Waals surface area (Å²) in [7, 11) is 1.75. The highest BCUT2D eigenvalue weighted by Crippen LogP contribution is 1.57. The molecule has 0 aliphatic heterocycles. The van der Waals surface area contributed by atoms with Gasteiger partial charge in [-0.1, -0.05) is 0 Å². The lowest BCUT2D eigenvalue weighted by atomic mass is 11.5. The van der Waals surface area contributed by atoms with Crippen molar-refractivity contribution in [1.82, 2.24) is 0 Å². The molecule has 0 spiro atoms. The van der Waals surface area contributed by atoms with Crippen LogP contribution in [0.25, 0.3) is 0 Å². The molecule has 0 aliphatic rings. The molecular weight excluding hydrogens is 79.0 g/mol. The molecule has 0 unspecified atom stereocenters. The SMILES string of the molecule is CO[CH2][AlH][CH3]. The number of ether oxygens (including phenoxy) is 1. The molecule has 0 amide bonds. The molecule has 30 valence electrons. The highest BCUT2D eigenvalue weighted by atomic mass is 27.1. The van der Waals surface area contributed by atoms with Crippen molar-refractivity contribution in [2.24, 2.45) is 0 Å². The molecule has 0 bridgehead atoms. The second kappa shape index (κ2) is 4.49.